The number of rotatable bonds is 4. The predicted octanol–water partition coefficient (Wildman–Crippen LogP) is 3.90. The molecular formula is C19H23NO. The van der Waals surface area contributed by atoms with Gasteiger partial charge in [-0.15, -0.1) is 0 Å². The molecule has 0 bridgehead atoms. The van der Waals surface area contributed by atoms with Crippen molar-refractivity contribution in [3.8, 4) is 5.75 Å². The van der Waals surface area contributed by atoms with Crippen molar-refractivity contribution in [3.05, 3.63) is 65.2 Å². The van der Waals surface area contributed by atoms with Crippen LogP contribution in [-0.4, -0.2) is 13.2 Å². The average Bonchev–Trinajstić information content (AvgIpc) is 2.55. The molecule has 0 aliphatic heterocycles. The Hall–Kier alpha value is -1.80. The molecule has 2 nitrogen and oxygen atoms in total. The van der Waals surface area contributed by atoms with E-state index >= 15 is 0 Å². The van der Waals surface area contributed by atoms with Gasteiger partial charge in [0.25, 0.3) is 0 Å². The van der Waals surface area contributed by atoms with E-state index in [2.05, 4.69) is 60.8 Å². The molecule has 2 atom stereocenters. The van der Waals surface area contributed by atoms with Crippen molar-refractivity contribution in [1.29, 1.82) is 0 Å². The summed E-state index contributed by atoms with van der Waals surface area (Å²) in [6, 6.07) is 17.4. The van der Waals surface area contributed by atoms with Gasteiger partial charge in [-0.2, -0.15) is 0 Å². The van der Waals surface area contributed by atoms with Crippen LogP contribution in [0.1, 0.15) is 36.1 Å². The Balaban J connectivity index is 1.82. The standard InChI is InChI=1S/C19H23NO/c1-3-14-7-6-9-16(13-14)21-18-12-11-15-8-4-5-10-17(15)19(18)20-2/h4-10,13,18-20H,3,11-12H2,1-2H3. The van der Waals surface area contributed by atoms with Crippen LogP contribution in [0.4, 0.5) is 0 Å². The van der Waals surface area contributed by atoms with Crippen molar-refractivity contribution in [1.82, 2.24) is 5.32 Å². The van der Waals surface area contributed by atoms with Gasteiger partial charge in [0, 0.05) is 0 Å². The van der Waals surface area contributed by atoms with E-state index < -0.39 is 0 Å². The van der Waals surface area contributed by atoms with Gasteiger partial charge in [0.2, 0.25) is 0 Å². The first kappa shape index (κ1) is 14.2. The Kier molecular flexibility index (Phi) is 4.26. The van der Waals surface area contributed by atoms with Crippen molar-refractivity contribution in [2.24, 2.45) is 0 Å². The van der Waals surface area contributed by atoms with Crippen LogP contribution >= 0.6 is 0 Å². The molecule has 0 amide bonds. The Morgan fingerprint density at radius 1 is 1.14 bits per heavy atom. The van der Waals surface area contributed by atoms with Crippen molar-refractivity contribution < 1.29 is 4.74 Å². The molecule has 2 unspecified atom stereocenters. The van der Waals surface area contributed by atoms with Crippen molar-refractivity contribution >= 4 is 0 Å². The number of hydrogen-bond donors (Lipinski definition) is 1. The molecule has 0 fully saturated rings. The van der Waals surface area contributed by atoms with Crippen LogP contribution in [0.2, 0.25) is 0 Å². The number of benzene rings is 2. The first-order valence-electron chi connectivity index (χ1n) is 7.82. The van der Waals surface area contributed by atoms with Gasteiger partial charge in [0.1, 0.15) is 11.9 Å². The molecule has 0 saturated heterocycles. The van der Waals surface area contributed by atoms with E-state index in [1.54, 1.807) is 0 Å². The lowest BCUT2D eigenvalue weighted by Gasteiger charge is -2.33. The van der Waals surface area contributed by atoms with Crippen LogP contribution in [0, 0.1) is 0 Å². The van der Waals surface area contributed by atoms with Gasteiger partial charge in [-0.1, -0.05) is 43.3 Å². The zero-order valence-corrected chi connectivity index (χ0v) is 12.8. The molecule has 3 rings (SSSR count). The topological polar surface area (TPSA) is 21.3 Å². The quantitative estimate of drug-likeness (QED) is 0.917. The molecule has 0 radical (unpaired) electrons. The zero-order chi connectivity index (χ0) is 14.7. The van der Waals surface area contributed by atoms with E-state index in [1.807, 2.05) is 7.05 Å². The molecule has 110 valence electrons. The molecule has 1 aliphatic carbocycles. The van der Waals surface area contributed by atoms with E-state index in [-0.39, 0.29) is 12.1 Å². The van der Waals surface area contributed by atoms with E-state index in [0.717, 1.165) is 25.0 Å². The molecule has 1 N–H and O–H groups in total. The summed E-state index contributed by atoms with van der Waals surface area (Å²) in [6.45, 7) is 2.17. The molecular weight excluding hydrogens is 258 g/mol. The van der Waals surface area contributed by atoms with E-state index in [0.29, 0.717) is 0 Å². The normalized spacial score (nSPS) is 20.9. The highest BCUT2D eigenvalue weighted by Gasteiger charge is 2.29. The Morgan fingerprint density at radius 2 is 2.00 bits per heavy atom. The summed E-state index contributed by atoms with van der Waals surface area (Å²) in [5.74, 6) is 0.985. The van der Waals surface area contributed by atoms with Gasteiger partial charge >= 0.3 is 0 Å². The molecule has 0 saturated carbocycles. The fourth-order valence-electron chi connectivity index (χ4n) is 3.21. The maximum absolute atomic E-state index is 6.30. The van der Waals surface area contributed by atoms with Gasteiger partial charge in [-0.25, -0.2) is 0 Å². The summed E-state index contributed by atoms with van der Waals surface area (Å²) >= 11 is 0. The molecule has 0 aromatic heterocycles. The third-order valence-corrected chi connectivity index (χ3v) is 4.37. The lowest BCUT2D eigenvalue weighted by atomic mass is 9.85. The van der Waals surface area contributed by atoms with Gasteiger partial charge in [-0.05, 0) is 55.1 Å². The summed E-state index contributed by atoms with van der Waals surface area (Å²) in [5.41, 5.74) is 4.15. The van der Waals surface area contributed by atoms with Crippen LogP contribution in [0.15, 0.2) is 48.5 Å². The monoisotopic (exact) mass is 281 g/mol. The lowest BCUT2D eigenvalue weighted by molar-refractivity contribution is 0.139. The smallest absolute Gasteiger partial charge is 0.120 e. The SMILES string of the molecule is CCc1cccc(OC2CCc3ccccc3C2NC)c1. The number of likely N-dealkylation sites (N-methyl/N-ethyl adjacent to an activating group) is 1. The van der Waals surface area contributed by atoms with Crippen molar-refractivity contribution in [3.63, 3.8) is 0 Å². The minimum Gasteiger partial charge on any atom is -0.488 e. The molecule has 21 heavy (non-hydrogen) atoms. The van der Waals surface area contributed by atoms with Crippen LogP contribution in [-0.2, 0) is 12.8 Å². The number of hydrogen-bond acceptors (Lipinski definition) is 2. The highest BCUT2D eigenvalue weighted by molar-refractivity contribution is 5.35. The Labute approximate surface area is 127 Å². The van der Waals surface area contributed by atoms with E-state index in [9.17, 15) is 0 Å². The number of ether oxygens (including phenoxy) is 1. The van der Waals surface area contributed by atoms with Gasteiger partial charge in [0.05, 0.1) is 6.04 Å². The average molecular weight is 281 g/mol. The zero-order valence-electron chi connectivity index (χ0n) is 12.8. The summed E-state index contributed by atoms with van der Waals surface area (Å²) in [4.78, 5) is 0. The van der Waals surface area contributed by atoms with Crippen LogP contribution in [0.25, 0.3) is 0 Å². The summed E-state index contributed by atoms with van der Waals surface area (Å²) in [7, 11) is 2.02. The molecule has 2 aromatic carbocycles. The van der Waals surface area contributed by atoms with Gasteiger partial charge in [0.15, 0.2) is 0 Å². The number of fused-ring (bicyclic) bond motifs is 1. The second kappa shape index (κ2) is 6.31. The fourth-order valence-corrected chi connectivity index (χ4v) is 3.21. The fraction of sp³-hybridized carbons (Fsp3) is 0.368. The molecule has 1 aliphatic rings. The maximum atomic E-state index is 6.30. The minimum atomic E-state index is 0.192. The molecule has 0 heterocycles. The van der Waals surface area contributed by atoms with Gasteiger partial charge < -0.3 is 10.1 Å². The Bertz CT molecular complexity index is 608. The summed E-state index contributed by atoms with van der Waals surface area (Å²) < 4.78 is 6.30. The second-order valence-electron chi connectivity index (χ2n) is 5.66. The van der Waals surface area contributed by atoms with Crippen LogP contribution < -0.4 is 10.1 Å². The highest BCUT2D eigenvalue weighted by atomic mass is 16.5. The van der Waals surface area contributed by atoms with Crippen LogP contribution in [0.3, 0.4) is 0 Å². The van der Waals surface area contributed by atoms with E-state index in [1.165, 1.54) is 16.7 Å². The maximum Gasteiger partial charge on any atom is 0.120 e. The van der Waals surface area contributed by atoms with E-state index in [4.69, 9.17) is 4.74 Å². The largest absolute Gasteiger partial charge is 0.488 e. The molecule has 2 heteroatoms. The minimum absolute atomic E-state index is 0.192. The third-order valence-electron chi connectivity index (χ3n) is 4.37. The highest BCUT2D eigenvalue weighted by Crippen LogP contribution is 2.32. The molecule has 2 aromatic rings. The predicted molar refractivity (Wildman–Crippen MR) is 86.8 cm³/mol. The Morgan fingerprint density at radius 3 is 2.81 bits per heavy atom. The number of aryl methyl sites for hydroxylation is 2. The first-order chi connectivity index (χ1) is 10.3. The number of nitrogens with one attached hydrogen (secondary N) is 1. The summed E-state index contributed by atoms with van der Waals surface area (Å²) in [5, 5.41) is 3.43. The summed E-state index contributed by atoms with van der Waals surface area (Å²) in [6.07, 6.45) is 3.38. The van der Waals surface area contributed by atoms with Crippen molar-refractivity contribution in [2.45, 2.75) is 38.3 Å². The third kappa shape index (κ3) is 2.96. The molecule has 0 spiro atoms. The first-order valence-corrected chi connectivity index (χ1v) is 7.82. The lowest BCUT2D eigenvalue weighted by Crippen LogP contribution is -2.37. The van der Waals surface area contributed by atoms with Gasteiger partial charge in [-0.3, -0.25) is 0 Å². The van der Waals surface area contributed by atoms with Crippen LogP contribution in [0.5, 0.6) is 5.75 Å². The second-order valence-corrected chi connectivity index (χ2v) is 5.66. The van der Waals surface area contributed by atoms with Crippen molar-refractivity contribution in [2.75, 3.05) is 7.05 Å².